The van der Waals surface area contributed by atoms with Gasteiger partial charge in [-0.05, 0) is 13.8 Å². The molecule has 3 heteroatoms. The Bertz CT molecular complexity index is 101. The van der Waals surface area contributed by atoms with Crippen molar-refractivity contribution in [2.45, 2.75) is 13.8 Å². The van der Waals surface area contributed by atoms with E-state index in [1.165, 1.54) is 7.11 Å². The van der Waals surface area contributed by atoms with Crippen molar-refractivity contribution in [1.82, 2.24) is 0 Å². The predicted octanol–water partition coefficient (Wildman–Crippen LogP) is 0.832. The summed E-state index contributed by atoms with van der Waals surface area (Å²) in [6.07, 6.45) is 0. The molecule has 3 nitrogen and oxygen atoms in total. The molecule has 0 unspecified atom stereocenters. The number of carbonyl (C=O) groups excluding carboxylic acids is 1. The average molecular weight is 146 g/mol. The summed E-state index contributed by atoms with van der Waals surface area (Å²) >= 11 is 0. The lowest BCUT2D eigenvalue weighted by molar-refractivity contribution is -0.146. The Morgan fingerprint density at radius 3 is 2.60 bits per heavy atom. The maximum absolute atomic E-state index is 10.7. The summed E-state index contributed by atoms with van der Waals surface area (Å²) in [6, 6.07) is 0. The van der Waals surface area contributed by atoms with E-state index in [9.17, 15) is 4.79 Å². The Morgan fingerprint density at radius 2 is 2.20 bits per heavy atom. The fourth-order valence-electron chi connectivity index (χ4n) is 0.564. The number of hydrogen-bond acceptors (Lipinski definition) is 3. The molecule has 1 atom stereocenters. The second-order valence-electron chi connectivity index (χ2n) is 2.08. The van der Waals surface area contributed by atoms with Gasteiger partial charge in [0.2, 0.25) is 0 Å². The van der Waals surface area contributed by atoms with Crippen LogP contribution in [-0.2, 0) is 14.3 Å². The molecule has 0 bridgehead atoms. The molecule has 0 aliphatic heterocycles. The molecule has 0 aromatic carbocycles. The minimum absolute atomic E-state index is 0.148. The zero-order valence-electron chi connectivity index (χ0n) is 6.72. The van der Waals surface area contributed by atoms with Gasteiger partial charge in [-0.3, -0.25) is 4.79 Å². The van der Waals surface area contributed by atoms with E-state index in [-0.39, 0.29) is 11.9 Å². The first-order chi connectivity index (χ1) is 4.72. The lowest BCUT2D eigenvalue weighted by Gasteiger charge is -2.07. The first kappa shape index (κ1) is 9.43. The van der Waals surface area contributed by atoms with E-state index in [2.05, 4.69) is 4.74 Å². The molecule has 60 valence electrons. The Kier molecular flexibility index (Phi) is 4.94. The summed E-state index contributed by atoms with van der Waals surface area (Å²) in [5.74, 6) is -0.363. The Hall–Kier alpha value is -0.570. The molecule has 0 N–H and O–H groups in total. The van der Waals surface area contributed by atoms with Crippen molar-refractivity contribution < 1.29 is 14.3 Å². The maximum atomic E-state index is 10.7. The molecule has 0 aliphatic carbocycles. The number of esters is 1. The summed E-state index contributed by atoms with van der Waals surface area (Å²) < 4.78 is 9.51. The molecule has 0 saturated heterocycles. The number of carbonyl (C=O) groups is 1. The highest BCUT2D eigenvalue weighted by molar-refractivity contribution is 5.71. The van der Waals surface area contributed by atoms with Crippen molar-refractivity contribution >= 4 is 5.97 Å². The van der Waals surface area contributed by atoms with Crippen LogP contribution >= 0.6 is 0 Å². The maximum Gasteiger partial charge on any atom is 0.310 e. The SMILES string of the molecule is CCOC[C@H](C)C(=O)OC. The standard InChI is InChI=1S/C7H14O3/c1-4-10-5-6(2)7(8)9-3/h6H,4-5H2,1-3H3/t6-/m0/s1. The highest BCUT2D eigenvalue weighted by atomic mass is 16.5. The Balaban J connectivity index is 3.41. The van der Waals surface area contributed by atoms with Crippen LogP contribution in [-0.4, -0.2) is 26.3 Å². The number of hydrogen-bond donors (Lipinski definition) is 0. The first-order valence-corrected chi connectivity index (χ1v) is 3.38. The molecule has 0 heterocycles. The molecule has 0 aromatic rings. The van der Waals surface area contributed by atoms with Gasteiger partial charge in [0.25, 0.3) is 0 Å². The number of ether oxygens (including phenoxy) is 2. The van der Waals surface area contributed by atoms with E-state index in [1.807, 2.05) is 6.92 Å². The summed E-state index contributed by atoms with van der Waals surface area (Å²) in [4.78, 5) is 10.7. The number of rotatable bonds is 4. The van der Waals surface area contributed by atoms with Crippen LogP contribution in [0, 0.1) is 5.92 Å². The Morgan fingerprint density at radius 1 is 1.60 bits per heavy atom. The second kappa shape index (κ2) is 5.23. The third-order valence-corrected chi connectivity index (χ3v) is 1.18. The van der Waals surface area contributed by atoms with Gasteiger partial charge in [-0.2, -0.15) is 0 Å². The minimum atomic E-state index is -0.214. The van der Waals surface area contributed by atoms with Gasteiger partial charge < -0.3 is 9.47 Å². The van der Waals surface area contributed by atoms with Crippen LogP contribution in [0.5, 0.6) is 0 Å². The molecule has 0 amide bonds. The van der Waals surface area contributed by atoms with E-state index < -0.39 is 0 Å². The van der Waals surface area contributed by atoms with Crippen LogP contribution in [0.1, 0.15) is 13.8 Å². The van der Waals surface area contributed by atoms with Crippen LogP contribution in [0.3, 0.4) is 0 Å². The van der Waals surface area contributed by atoms with Crippen molar-refractivity contribution in [2.24, 2.45) is 5.92 Å². The third kappa shape index (κ3) is 3.45. The normalized spacial score (nSPS) is 12.7. The molecule has 0 aliphatic rings. The van der Waals surface area contributed by atoms with E-state index >= 15 is 0 Å². The van der Waals surface area contributed by atoms with Crippen molar-refractivity contribution in [3.05, 3.63) is 0 Å². The fraction of sp³-hybridized carbons (Fsp3) is 0.857. The highest BCUT2D eigenvalue weighted by Crippen LogP contribution is 1.97. The molecule has 0 spiro atoms. The van der Waals surface area contributed by atoms with Crippen molar-refractivity contribution in [1.29, 1.82) is 0 Å². The smallest absolute Gasteiger partial charge is 0.310 e. The summed E-state index contributed by atoms with van der Waals surface area (Å²) in [5, 5.41) is 0. The molecule has 0 aromatic heterocycles. The van der Waals surface area contributed by atoms with Crippen LogP contribution in [0.15, 0.2) is 0 Å². The quantitative estimate of drug-likeness (QED) is 0.551. The van der Waals surface area contributed by atoms with Gasteiger partial charge in [0.05, 0.1) is 19.6 Å². The molecule has 0 saturated carbocycles. The van der Waals surface area contributed by atoms with Crippen LogP contribution in [0.4, 0.5) is 0 Å². The average Bonchev–Trinajstić information content (AvgIpc) is 1.98. The second-order valence-corrected chi connectivity index (χ2v) is 2.08. The first-order valence-electron chi connectivity index (χ1n) is 3.38. The summed E-state index contributed by atoms with van der Waals surface area (Å²) in [6.45, 7) is 4.76. The van der Waals surface area contributed by atoms with Crippen LogP contribution < -0.4 is 0 Å². The summed E-state index contributed by atoms with van der Waals surface area (Å²) in [7, 11) is 1.38. The molecular formula is C7H14O3. The van der Waals surface area contributed by atoms with E-state index in [0.717, 1.165) is 0 Å². The predicted molar refractivity (Wildman–Crippen MR) is 37.7 cm³/mol. The lowest BCUT2D eigenvalue weighted by Crippen LogP contribution is -2.18. The van der Waals surface area contributed by atoms with E-state index in [0.29, 0.717) is 13.2 Å². The van der Waals surface area contributed by atoms with Gasteiger partial charge in [0.15, 0.2) is 0 Å². The van der Waals surface area contributed by atoms with Crippen LogP contribution in [0.25, 0.3) is 0 Å². The molecule has 0 radical (unpaired) electrons. The fourth-order valence-corrected chi connectivity index (χ4v) is 0.564. The molecule has 0 rings (SSSR count). The molecular weight excluding hydrogens is 132 g/mol. The van der Waals surface area contributed by atoms with E-state index in [1.54, 1.807) is 6.92 Å². The van der Waals surface area contributed by atoms with Crippen LogP contribution in [0.2, 0.25) is 0 Å². The monoisotopic (exact) mass is 146 g/mol. The van der Waals surface area contributed by atoms with Gasteiger partial charge in [-0.15, -0.1) is 0 Å². The van der Waals surface area contributed by atoms with E-state index in [4.69, 9.17) is 4.74 Å². The largest absolute Gasteiger partial charge is 0.469 e. The minimum Gasteiger partial charge on any atom is -0.469 e. The van der Waals surface area contributed by atoms with Crippen molar-refractivity contribution in [3.8, 4) is 0 Å². The number of methoxy groups -OCH3 is 1. The van der Waals surface area contributed by atoms with Gasteiger partial charge in [-0.25, -0.2) is 0 Å². The Labute approximate surface area is 61.3 Å². The zero-order chi connectivity index (χ0) is 7.98. The molecule has 10 heavy (non-hydrogen) atoms. The lowest BCUT2D eigenvalue weighted by atomic mass is 10.2. The zero-order valence-corrected chi connectivity index (χ0v) is 6.72. The van der Waals surface area contributed by atoms with Gasteiger partial charge in [0.1, 0.15) is 0 Å². The van der Waals surface area contributed by atoms with Gasteiger partial charge in [0, 0.05) is 6.61 Å². The van der Waals surface area contributed by atoms with Gasteiger partial charge in [-0.1, -0.05) is 0 Å². The highest BCUT2D eigenvalue weighted by Gasteiger charge is 2.11. The third-order valence-electron chi connectivity index (χ3n) is 1.18. The molecule has 0 fully saturated rings. The topological polar surface area (TPSA) is 35.5 Å². The van der Waals surface area contributed by atoms with Crippen molar-refractivity contribution in [2.75, 3.05) is 20.3 Å². The van der Waals surface area contributed by atoms with Crippen molar-refractivity contribution in [3.63, 3.8) is 0 Å². The van der Waals surface area contributed by atoms with Gasteiger partial charge >= 0.3 is 5.97 Å². The summed E-state index contributed by atoms with van der Waals surface area (Å²) in [5.41, 5.74) is 0.